The minimum atomic E-state index is -2.46. The van der Waals surface area contributed by atoms with Crippen molar-refractivity contribution in [1.29, 1.82) is 0 Å². The molecule has 2 saturated heterocycles. The van der Waals surface area contributed by atoms with Crippen molar-refractivity contribution in [3.05, 3.63) is 11.0 Å². The summed E-state index contributed by atoms with van der Waals surface area (Å²) in [6, 6.07) is -1.15. The molecule has 0 N–H and O–H groups in total. The van der Waals surface area contributed by atoms with Gasteiger partial charge in [0, 0.05) is 12.8 Å². The number of alkyl halides is 2. The van der Waals surface area contributed by atoms with Crippen LogP contribution in [-0.2, 0) is 4.74 Å². The number of anilines is 1. The first-order valence-electron chi connectivity index (χ1n) is 10.9. The summed E-state index contributed by atoms with van der Waals surface area (Å²) in [6.45, 7) is 6.03. The van der Waals surface area contributed by atoms with Gasteiger partial charge in [-0.05, 0) is 26.5 Å². The van der Waals surface area contributed by atoms with Crippen LogP contribution in [0.2, 0.25) is 5.15 Å². The van der Waals surface area contributed by atoms with Crippen LogP contribution >= 0.6 is 23.4 Å². The Labute approximate surface area is 203 Å². The van der Waals surface area contributed by atoms with Crippen molar-refractivity contribution in [2.45, 2.75) is 68.9 Å². The number of fused-ring (bicyclic) bond motifs is 5. The van der Waals surface area contributed by atoms with E-state index in [1.54, 1.807) is 20.8 Å². The van der Waals surface area contributed by atoms with E-state index in [2.05, 4.69) is 15.0 Å². The molecule has 3 aliphatic heterocycles. The molecular formula is C21H23ClF3N5O3S. The second-order valence-electron chi connectivity index (χ2n) is 9.52. The molecule has 0 radical (unpaired) electrons. The van der Waals surface area contributed by atoms with E-state index in [1.165, 1.54) is 16.7 Å². The van der Waals surface area contributed by atoms with Crippen LogP contribution in [0.4, 0.5) is 23.8 Å². The molecule has 3 aliphatic rings. The summed E-state index contributed by atoms with van der Waals surface area (Å²) < 4.78 is 59.0. The van der Waals surface area contributed by atoms with Gasteiger partial charge in [0.25, 0.3) is 0 Å². The van der Waals surface area contributed by atoms with E-state index in [4.69, 9.17) is 21.1 Å². The fraction of sp³-hybridized carbons (Fsp3) is 0.619. The van der Waals surface area contributed by atoms with Crippen molar-refractivity contribution in [3.63, 3.8) is 0 Å². The minimum Gasteiger partial charge on any atom is -0.475 e. The van der Waals surface area contributed by atoms with Crippen LogP contribution in [0.25, 0.3) is 10.9 Å². The van der Waals surface area contributed by atoms with Gasteiger partial charge in [-0.25, -0.2) is 32.8 Å². The number of carbonyl (C=O) groups is 1. The highest BCUT2D eigenvalue weighted by Crippen LogP contribution is 2.54. The topological polar surface area (TPSA) is 80.7 Å². The van der Waals surface area contributed by atoms with Crippen molar-refractivity contribution in [2.24, 2.45) is 0 Å². The summed E-state index contributed by atoms with van der Waals surface area (Å²) in [4.78, 5) is 27.6. The Balaban J connectivity index is 1.68. The van der Waals surface area contributed by atoms with Gasteiger partial charge in [0.1, 0.15) is 35.0 Å². The largest absolute Gasteiger partial charge is 0.475 e. The number of pyridine rings is 1. The Morgan fingerprint density at radius 3 is 2.71 bits per heavy atom. The smallest absolute Gasteiger partial charge is 0.415 e. The van der Waals surface area contributed by atoms with Gasteiger partial charge in [-0.2, -0.15) is 4.98 Å². The van der Waals surface area contributed by atoms with Crippen LogP contribution in [0, 0.1) is 5.82 Å². The predicted molar refractivity (Wildman–Crippen MR) is 120 cm³/mol. The van der Waals surface area contributed by atoms with Crippen LogP contribution in [0.15, 0.2) is 5.16 Å². The van der Waals surface area contributed by atoms with Gasteiger partial charge in [-0.3, -0.25) is 0 Å². The third-order valence-corrected chi connectivity index (χ3v) is 7.08. The van der Waals surface area contributed by atoms with Gasteiger partial charge in [0.2, 0.25) is 17.5 Å². The number of halogens is 4. The lowest BCUT2D eigenvalue weighted by molar-refractivity contribution is -0.136. The standard InChI is InChI=1S/C21H23ClF3N5O3S/c1-5-34-17-26-13-11-15(28-17)29-9-20(24)6-7-21(25,30(20)18(31)33-19(2,3)4)10(29)8-32-16(11)27-14(22)12(13)23/h10H,5-9H2,1-4H3/t10-,20-,21+/m1/s1. The number of amides is 1. The van der Waals surface area contributed by atoms with Gasteiger partial charge >= 0.3 is 6.09 Å². The van der Waals surface area contributed by atoms with Crippen molar-refractivity contribution < 1.29 is 27.4 Å². The molecule has 184 valence electrons. The maximum Gasteiger partial charge on any atom is 0.415 e. The third-order valence-electron chi connectivity index (χ3n) is 6.10. The fourth-order valence-corrected chi connectivity index (χ4v) is 5.53. The molecular weight excluding hydrogens is 495 g/mol. The van der Waals surface area contributed by atoms with Crippen LogP contribution in [0.5, 0.6) is 5.88 Å². The molecule has 5 rings (SSSR count). The number of hydrogen-bond acceptors (Lipinski definition) is 8. The van der Waals surface area contributed by atoms with Gasteiger partial charge in [-0.1, -0.05) is 30.3 Å². The zero-order chi connectivity index (χ0) is 24.6. The molecule has 0 unspecified atom stereocenters. The molecule has 1 amide bonds. The van der Waals surface area contributed by atoms with Gasteiger partial charge in [-0.15, -0.1) is 0 Å². The van der Waals surface area contributed by atoms with Crippen LogP contribution in [-0.4, -0.2) is 68.1 Å². The Bertz CT molecular complexity index is 1200. The normalized spacial score (nSPS) is 27.9. The quantitative estimate of drug-likeness (QED) is 0.241. The van der Waals surface area contributed by atoms with Crippen LogP contribution in [0.3, 0.4) is 0 Å². The summed E-state index contributed by atoms with van der Waals surface area (Å²) in [5.41, 5.74) is -1.08. The van der Waals surface area contributed by atoms with E-state index in [0.29, 0.717) is 10.7 Å². The monoisotopic (exact) mass is 517 g/mol. The number of ether oxygens (including phenoxy) is 2. The molecule has 2 bridgehead atoms. The van der Waals surface area contributed by atoms with E-state index in [9.17, 15) is 9.18 Å². The zero-order valence-electron chi connectivity index (χ0n) is 19.0. The first-order chi connectivity index (χ1) is 15.9. The summed E-state index contributed by atoms with van der Waals surface area (Å²) >= 11 is 7.22. The number of carbonyl (C=O) groups excluding carboxylic acids is 1. The van der Waals surface area contributed by atoms with Gasteiger partial charge in [0.05, 0.1) is 6.54 Å². The molecule has 0 saturated carbocycles. The van der Waals surface area contributed by atoms with E-state index in [0.717, 1.165) is 0 Å². The highest BCUT2D eigenvalue weighted by atomic mass is 35.5. The average Bonchev–Trinajstić information content (AvgIpc) is 2.83. The minimum absolute atomic E-state index is 0.0740. The number of nitrogens with zero attached hydrogens (tertiary/aromatic N) is 5. The first-order valence-corrected chi connectivity index (χ1v) is 12.2. The van der Waals surface area contributed by atoms with Crippen molar-refractivity contribution >= 4 is 46.2 Å². The summed E-state index contributed by atoms with van der Waals surface area (Å²) in [6.07, 6.45) is -1.59. The predicted octanol–water partition coefficient (Wildman–Crippen LogP) is 4.87. The molecule has 0 aromatic carbocycles. The Morgan fingerprint density at radius 2 is 2.03 bits per heavy atom. The second kappa shape index (κ2) is 7.64. The fourth-order valence-electron chi connectivity index (χ4n) is 4.80. The molecule has 5 heterocycles. The lowest BCUT2D eigenvalue weighted by Crippen LogP contribution is -2.72. The Kier molecular flexibility index (Phi) is 5.29. The lowest BCUT2D eigenvalue weighted by atomic mass is 10.00. The Morgan fingerprint density at radius 1 is 1.29 bits per heavy atom. The van der Waals surface area contributed by atoms with E-state index >= 15 is 8.78 Å². The van der Waals surface area contributed by atoms with Crippen LogP contribution < -0.4 is 9.64 Å². The van der Waals surface area contributed by atoms with Crippen molar-refractivity contribution in [2.75, 3.05) is 23.8 Å². The van der Waals surface area contributed by atoms with Crippen LogP contribution in [0.1, 0.15) is 40.5 Å². The van der Waals surface area contributed by atoms with Crippen molar-refractivity contribution in [1.82, 2.24) is 19.9 Å². The zero-order valence-corrected chi connectivity index (χ0v) is 20.6. The number of aromatic nitrogens is 3. The van der Waals surface area contributed by atoms with Gasteiger partial charge < -0.3 is 14.4 Å². The maximum atomic E-state index is 16.7. The molecule has 34 heavy (non-hydrogen) atoms. The first kappa shape index (κ1) is 23.5. The number of thioether (sulfide) groups is 1. The van der Waals surface area contributed by atoms with E-state index in [1.807, 2.05) is 6.92 Å². The SMILES string of the molecule is CCSc1nc2c3c(nc(Cl)c(F)c3n1)OC[C@H]1N2C[C@@]2(F)CC[C@]1(F)N2C(=O)OC(C)(C)C. The molecule has 2 fully saturated rings. The number of piperazine rings is 1. The molecule has 2 aromatic heterocycles. The average molecular weight is 518 g/mol. The summed E-state index contributed by atoms with van der Waals surface area (Å²) in [5.74, 6) is -5.10. The highest BCUT2D eigenvalue weighted by molar-refractivity contribution is 7.99. The molecule has 13 heteroatoms. The number of hydrogen-bond donors (Lipinski definition) is 0. The third kappa shape index (κ3) is 3.43. The molecule has 3 atom stereocenters. The maximum absolute atomic E-state index is 16.7. The molecule has 8 nitrogen and oxygen atoms in total. The Hall–Kier alpha value is -2.21. The van der Waals surface area contributed by atoms with E-state index in [-0.39, 0.29) is 47.2 Å². The van der Waals surface area contributed by atoms with Crippen molar-refractivity contribution in [3.8, 4) is 5.88 Å². The lowest BCUT2D eigenvalue weighted by Gasteiger charge is -2.51. The molecule has 0 aliphatic carbocycles. The molecule has 2 aromatic rings. The van der Waals surface area contributed by atoms with Gasteiger partial charge in [0.15, 0.2) is 16.1 Å². The number of rotatable bonds is 2. The van der Waals surface area contributed by atoms with E-state index < -0.39 is 46.8 Å². The summed E-state index contributed by atoms with van der Waals surface area (Å²) in [7, 11) is 0. The summed E-state index contributed by atoms with van der Waals surface area (Å²) in [5, 5.41) is -0.143. The molecule has 0 spiro atoms. The highest BCUT2D eigenvalue weighted by Gasteiger charge is 2.69. The second-order valence-corrected chi connectivity index (χ2v) is 11.1.